The van der Waals surface area contributed by atoms with E-state index in [0.29, 0.717) is 15.9 Å². The Morgan fingerprint density at radius 2 is 2.00 bits per heavy atom. The highest BCUT2D eigenvalue weighted by atomic mass is 32.2. The van der Waals surface area contributed by atoms with Crippen LogP contribution in [0.3, 0.4) is 0 Å². The van der Waals surface area contributed by atoms with E-state index in [0.717, 1.165) is 5.56 Å². The molecular weight excluding hydrogens is 338 g/mol. The first kappa shape index (κ1) is 17.2. The van der Waals surface area contributed by atoms with Crippen molar-refractivity contribution >= 4 is 40.1 Å². The number of methoxy groups -OCH3 is 2. The average Bonchev–Trinajstić information content (AvgIpc) is 3.02. The average molecular weight is 353 g/mol. The van der Waals surface area contributed by atoms with Gasteiger partial charge in [0, 0.05) is 0 Å². The van der Waals surface area contributed by atoms with Gasteiger partial charge in [-0.1, -0.05) is 23.5 Å². The SMILES string of the molecule is COC(=O)CSCC(=O)Nc1nnc(-c2ccccc2OC)s1. The van der Waals surface area contributed by atoms with E-state index in [-0.39, 0.29) is 23.4 Å². The summed E-state index contributed by atoms with van der Waals surface area (Å²) in [5.74, 6) is 0.347. The molecule has 0 aliphatic rings. The van der Waals surface area contributed by atoms with Crippen LogP contribution >= 0.6 is 23.1 Å². The number of aromatic nitrogens is 2. The van der Waals surface area contributed by atoms with Crippen LogP contribution in [0.2, 0.25) is 0 Å². The van der Waals surface area contributed by atoms with Crippen molar-refractivity contribution in [2.75, 3.05) is 31.0 Å². The first-order valence-electron chi connectivity index (χ1n) is 6.55. The van der Waals surface area contributed by atoms with Gasteiger partial charge in [-0.3, -0.25) is 14.9 Å². The molecule has 0 radical (unpaired) electrons. The van der Waals surface area contributed by atoms with Crippen molar-refractivity contribution in [3.63, 3.8) is 0 Å². The molecule has 2 rings (SSSR count). The molecule has 0 unspecified atom stereocenters. The Labute approximate surface area is 141 Å². The summed E-state index contributed by atoms with van der Waals surface area (Å²) in [5, 5.41) is 11.7. The molecule has 122 valence electrons. The van der Waals surface area contributed by atoms with Gasteiger partial charge in [-0.25, -0.2) is 0 Å². The third-order valence-corrected chi connectivity index (χ3v) is 4.47. The normalized spacial score (nSPS) is 10.2. The number of thioether (sulfide) groups is 1. The summed E-state index contributed by atoms with van der Waals surface area (Å²) in [4.78, 5) is 22.7. The van der Waals surface area contributed by atoms with Crippen molar-refractivity contribution in [1.82, 2.24) is 10.2 Å². The van der Waals surface area contributed by atoms with Gasteiger partial charge in [0.05, 0.1) is 31.3 Å². The second kappa shape index (κ2) is 8.49. The van der Waals surface area contributed by atoms with Crippen LogP contribution < -0.4 is 10.1 Å². The molecule has 0 fully saturated rings. The summed E-state index contributed by atoms with van der Waals surface area (Å²) < 4.78 is 9.78. The Hall–Kier alpha value is -2.13. The Morgan fingerprint density at radius 3 is 2.74 bits per heavy atom. The molecule has 23 heavy (non-hydrogen) atoms. The maximum absolute atomic E-state index is 11.8. The highest BCUT2D eigenvalue weighted by molar-refractivity contribution is 8.00. The van der Waals surface area contributed by atoms with Gasteiger partial charge < -0.3 is 9.47 Å². The van der Waals surface area contributed by atoms with Gasteiger partial charge in [-0.05, 0) is 12.1 Å². The minimum absolute atomic E-state index is 0.131. The predicted octanol–water partition coefficient (Wildman–Crippen LogP) is 2.06. The van der Waals surface area contributed by atoms with Crippen LogP contribution in [-0.4, -0.2) is 47.8 Å². The van der Waals surface area contributed by atoms with Crippen LogP contribution in [0.25, 0.3) is 10.6 Å². The highest BCUT2D eigenvalue weighted by Crippen LogP contribution is 2.33. The minimum Gasteiger partial charge on any atom is -0.496 e. The fraction of sp³-hybridized carbons (Fsp3) is 0.286. The molecule has 0 aliphatic heterocycles. The lowest BCUT2D eigenvalue weighted by Crippen LogP contribution is -2.15. The minimum atomic E-state index is -0.364. The number of nitrogens with one attached hydrogen (secondary N) is 1. The van der Waals surface area contributed by atoms with E-state index < -0.39 is 0 Å². The summed E-state index contributed by atoms with van der Waals surface area (Å²) in [6.07, 6.45) is 0. The predicted molar refractivity (Wildman–Crippen MR) is 89.9 cm³/mol. The van der Waals surface area contributed by atoms with Crippen LogP contribution in [0.1, 0.15) is 0 Å². The topological polar surface area (TPSA) is 90.4 Å². The number of carbonyl (C=O) groups is 2. The summed E-state index contributed by atoms with van der Waals surface area (Å²) in [6, 6.07) is 7.45. The van der Waals surface area contributed by atoms with Crippen molar-refractivity contribution in [2.45, 2.75) is 0 Å². The zero-order valence-electron chi connectivity index (χ0n) is 12.6. The molecule has 0 saturated carbocycles. The lowest BCUT2D eigenvalue weighted by atomic mass is 10.2. The van der Waals surface area contributed by atoms with Gasteiger partial charge >= 0.3 is 5.97 Å². The van der Waals surface area contributed by atoms with Gasteiger partial charge in [-0.15, -0.1) is 22.0 Å². The molecule has 0 saturated heterocycles. The van der Waals surface area contributed by atoms with Gasteiger partial charge in [0.2, 0.25) is 11.0 Å². The van der Waals surface area contributed by atoms with E-state index in [1.807, 2.05) is 24.3 Å². The molecule has 1 amide bonds. The van der Waals surface area contributed by atoms with Gasteiger partial charge in [0.1, 0.15) is 5.75 Å². The number of carbonyl (C=O) groups excluding carboxylic acids is 2. The monoisotopic (exact) mass is 353 g/mol. The molecule has 0 aliphatic carbocycles. The summed E-state index contributed by atoms with van der Waals surface area (Å²) in [7, 11) is 2.89. The highest BCUT2D eigenvalue weighted by Gasteiger charge is 2.13. The third-order valence-electron chi connectivity index (χ3n) is 2.69. The van der Waals surface area contributed by atoms with Crippen LogP contribution in [0, 0.1) is 0 Å². The van der Waals surface area contributed by atoms with Crippen molar-refractivity contribution in [3.05, 3.63) is 24.3 Å². The molecule has 9 heteroatoms. The number of hydrogen-bond acceptors (Lipinski definition) is 8. The third kappa shape index (κ3) is 4.93. The van der Waals surface area contributed by atoms with Crippen LogP contribution in [0.5, 0.6) is 5.75 Å². The zero-order chi connectivity index (χ0) is 16.7. The van der Waals surface area contributed by atoms with Gasteiger partial charge in [0.15, 0.2) is 5.01 Å². The second-order valence-electron chi connectivity index (χ2n) is 4.23. The molecule has 0 atom stereocenters. The standard InChI is InChI=1S/C14H15N3O4S2/c1-20-10-6-4-3-5-9(10)13-16-17-14(23-13)15-11(18)7-22-8-12(19)21-2/h3-6H,7-8H2,1-2H3,(H,15,17,18). The first-order chi connectivity index (χ1) is 11.1. The van der Waals surface area contributed by atoms with Crippen molar-refractivity contribution in [3.8, 4) is 16.3 Å². The van der Waals surface area contributed by atoms with Gasteiger partial charge in [0.25, 0.3) is 0 Å². The number of para-hydroxylation sites is 1. The number of rotatable bonds is 7. The molecule has 2 aromatic rings. The zero-order valence-corrected chi connectivity index (χ0v) is 14.2. The Morgan fingerprint density at radius 1 is 1.22 bits per heavy atom. The number of amides is 1. The fourth-order valence-electron chi connectivity index (χ4n) is 1.65. The lowest BCUT2D eigenvalue weighted by Gasteiger charge is -2.03. The van der Waals surface area contributed by atoms with E-state index >= 15 is 0 Å². The summed E-state index contributed by atoms with van der Waals surface area (Å²) >= 11 is 2.43. The smallest absolute Gasteiger partial charge is 0.315 e. The molecule has 1 heterocycles. The number of hydrogen-bond donors (Lipinski definition) is 1. The van der Waals surface area contributed by atoms with E-state index in [9.17, 15) is 9.59 Å². The van der Waals surface area contributed by atoms with Gasteiger partial charge in [-0.2, -0.15) is 0 Å². The fourth-order valence-corrected chi connectivity index (χ4v) is 3.08. The van der Waals surface area contributed by atoms with Crippen LogP contribution in [0.4, 0.5) is 5.13 Å². The maximum atomic E-state index is 11.8. The van der Waals surface area contributed by atoms with Crippen molar-refractivity contribution in [2.24, 2.45) is 0 Å². The summed E-state index contributed by atoms with van der Waals surface area (Å²) in [5.41, 5.74) is 0.813. The molecular formula is C14H15N3O4S2. The Bertz CT molecular complexity index is 690. The number of ether oxygens (including phenoxy) is 2. The quantitative estimate of drug-likeness (QED) is 0.762. The number of esters is 1. The van der Waals surface area contributed by atoms with E-state index in [4.69, 9.17) is 4.74 Å². The largest absolute Gasteiger partial charge is 0.496 e. The second-order valence-corrected chi connectivity index (χ2v) is 6.19. The molecule has 0 spiro atoms. The Kier molecular flexibility index (Phi) is 6.36. The number of benzene rings is 1. The van der Waals surface area contributed by atoms with E-state index in [2.05, 4.69) is 20.3 Å². The first-order valence-corrected chi connectivity index (χ1v) is 8.52. The molecule has 7 nitrogen and oxygen atoms in total. The van der Waals surface area contributed by atoms with Crippen LogP contribution in [0.15, 0.2) is 24.3 Å². The molecule has 0 bridgehead atoms. The lowest BCUT2D eigenvalue weighted by molar-refractivity contribution is -0.137. The maximum Gasteiger partial charge on any atom is 0.315 e. The van der Waals surface area contributed by atoms with Crippen LogP contribution in [-0.2, 0) is 14.3 Å². The van der Waals surface area contributed by atoms with E-state index in [1.165, 1.54) is 30.2 Å². The molecule has 1 aromatic heterocycles. The number of nitrogens with zero attached hydrogens (tertiary/aromatic N) is 2. The summed E-state index contributed by atoms with van der Waals surface area (Å²) in [6.45, 7) is 0. The number of anilines is 1. The van der Waals surface area contributed by atoms with Crippen molar-refractivity contribution in [1.29, 1.82) is 0 Å². The molecule has 1 N–H and O–H groups in total. The Balaban J connectivity index is 1.94. The molecule has 1 aromatic carbocycles. The van der Waals surface area contributed by atoms with E-state index in [1.54, 1.807) is 7.11 Å². The van der Waals surface area contributed by atoms with Crippen molar-refractivity contribution < 1.29 is 19.1 Å².